The molecule has 1 aromatic heterocycles. The molecule has 4 heteroatoms. The quantitative estimate of drug-likeness (QED) is 0.802. The molecule has 0 bridgehead atoms. The molecule has 98 valence electrons. The molecule has 1 saturated carbocycles. The summed E-state index contributed by atoms with van der Waals surface area (Å²) >= 11 is 5.11. The van der Waals surface area contributed by atoms with Gasteiger partial charge in [-0.3, -0.25) is 0 Å². The van der Waals surface area contributed by atoms with Crippen molar-refractivity contribution in [1.82, 2.24) is 4.98 Å². The number of nitrogens with one attached hydrogen (secondary N) is 1. The van der Waals surface area contributed by atoms with E-state index in [1.807, 2.05) is 19.9 Å². The van der Waals surface area contributed by atoms with Crippen LogP contribution in [0, 0.1) is 19.8 Å². The van der Waals surface area contributed by atoms with Gasteiger partial charge in [-0.2, -0.15) is 0 Å². The van der Waals surface area contributed by atoms with Gasteiger partial charge in [0, 0.05) is 12.2 Å². The second-order valence-electron chi connectivity index (χ2n) is 5.18. The van der Waals surface area contributed by atoms with Crippen molar-refractivity contribution < 1.29 is 0 Å². The monoisotopic (exact) mass is 263 g/mol. The maximum absolute atomic E-state index is 5.79. The average Bonchev–Trinajstić information content (AvgIpc) is 2.19. The van der Waals surface area contributed by atoms with Crippen molar-refractivity contribution in [2.24, 2.45) is 11.7 Å². The minimum Gasteiger partial charge on any atom is -0.389 e. The van der Waals surface area contributed by atoms with E-state index in [9.17, 15) is 0 Å². The Balaban J connectivity index is 2.07. The number of nitrogens with zero attached hydrogens (tertiary/aromatic N) is 1. The van der Waals surface area contributed by atoms with E-state index in [2.05, 4.69) is 10.3 Å². The Labute approximate surface area is 114 Å². The van der Waals surface area contributed by atoms with Crippen molar-refractivity contribution in [1.29, 1.82) is 0 Å². The molecule has 0 aromatic carbocycles. The van der Waals surface area contributed by atoms with E-state index in [0.717, 1.165) is 35.1 Å². The lowest BCUT2D eigenvalue weighted by atomic mass is 9.83. The lowest BCUT2D eigenvalue weighted by Gasteiger charge is -2.25. The molecule has 0 aliphatic heterocycles. The SMILES string of the molecule is Cc1cc(C)c(C(N)=S)c(NCCC2CCC2)n1. The standard InChI is InChI=1S/C14H21N3S/c1-9-8-10(2)17-14(12(9)13(15)18)16-7-6-11-4-3-5-11/h8,11H,3-7H2,1-2H3,(H2,15,18)(H,16,17). The predicted molar refractivity (Wildman–Crippen MR) is 80.0 cm³/mol. The summed E-state index contributed by atoms with van der Waals surface area (Å²) in [6.45, 7) is 4.98. The van der Waals surface area contributed by atoms with Crippen molar-refractivity contribution >= 4 is 23.0 Å². The van der Waals surface area contributed by atoms with Crippen LogP contribution in [-0.4, -0.2) is 16.5 Å². The predicted octanol–water partition coefficient (Wildman–Crippen LogP) is 2.93. The molecule has 18 heavy (non-hydrogen) atoms. The van der Waals surface area contributed by atoms with Gasteiger partial charge in [-0.15, -0.1) is 0 Å². The van der Waals surface area contributed by atoms with E-state index in [0.29, 0.717) is 4.99 Å². The van der Waals surface area contributed by atoms with Crippen LogP contribution in [0.5, 0.6) is 0 Å². The summed E-state index contributed by atoms with van der Waals surface area (Å²) in [5.74, 6) is 1.75. The Kier molecular flexibility index (Phi) is 4.17. The van der Waals surface area contributed by atoms with Crippen LogP contribution in [0.1, 0.15) is 42.5 Å². The Morgan fingerprint density at radius 2 is 2.22 bits per heavy atom. The molecule has 1 fully saturated rings. The number of nitrogens with two attached hydrogens (primary N) is 1. The number of thiocarbonyl (C=S) groups is 1. The molecule has 1 heterocycles. The van der Waals surface area contributed by atoms with Crippen LogP contribution in [0.25, 0.3) is 0 Å². The number of pyridine rings is 1. The molecule has 3 N–H and O–H groups in total. The van der Waals surface area contributed by atoms with Crippen LogP contribution in [-0.2, 0) is 0 Å². The third-order valence-corrected chi connectivity index (χ3v) is 3.86. The first kappa shape index (κ1) is 13.3. The Morgan fingerprint density at radius 3 is 2.78 bits per heavy atom. The maximum Gasteiger partial charge on any atom is 0.136 e. The van der Waals surface area contributed by atoms with Gasteiger partial charge in [0.15, 0.2) is 0 Å². The summed E-state index contributed by atoms with van der Waals surface area (Å²) < 4.78 is 0. The molecule has 1 aliphatic carbocycles. The summed E-state index contributed by atoms with van der Waals surface area (Å²) in [5.41, 5.74) is 8.78. The van der Waals surface area contributed by atoms with Crippen LogP contribution in [0.15, 0.2) is 6.07 Å². The van der Waals surface area contributed by atoms with Gasteiger partial charge in [0.1, 0.15) is 10.8 Å². The first-order valence-corrected chi connectivity index (χ1v) is 7.00. The number of aryl methyl sites for hydroxylation is 2. The molecule has 0 amide bonds. The van der Waals surface area contributed by atoms with Crippen LogP contribution < -0.4 is 11.1 Å². The first-order chi connectivity index (χ1) is 8.58. The highest BCUT2D eigenvalue weighted by molar-refractivity contribution is 7.80. The average molecular weight is 263 g/mol. The summed E-state index contributed by atoms with van der Waals surface area (Å²) in [6.07, 6.45) is 5.37. The molecular weight excluding hydrogens is 242 g/mol. The van der Waals surface area contributed by atoms with Crippen molar-refractivity contribution in [3.8, 4) is 0 Å². The molecule has 0 saturated heterocycles. The van der Waals surface area contributed by atoms with Crippen molar-refractivity contribution in [2.45, 2.75) is 39.5 Å². The van der Waals surface area contributed by atoms with Crippen LogP contribution >= 0.6 is 12.2 Å². The zero-order chi connectivity index (χ0) is 13.1. The maximum atomic E-state index is 5.79. The third-order valence-electron chi connectivity index (χ3n) is 3.66. The van der Waals surface area contributed by atoms with Gasteiger partial charge in [-0.1, -0.05) is 31.5 Å². The summed E-state index contributed by atoms with van der Waals surface area (Å²) in [4.78, 5) is 4.94. The molecule has 3 nitrogen and oxygen atoms in total. The van der Waals surface area contributed by atoms with Crippen molar-refractivity contribution in [3.63, 3.8) is 0 Å². The lowest BCUT2D eigenvalue weighted by Crippen LogP contribution is -2.20. The highest BCUT2D eigenvalue weighted by atomic mass is 32.1. The molecule has 1 aliphatic rings. The number of hydrogen-bond acceptors (Lipinski definition) is 3. The fourth-order valence-electron chi connectivity index (χ4n) is 2.45. The highest BCUT2D eigenvalue weighted by Gasteiger charge is 2.17. The largest absolute Gasteiger partial charge is 0.389 e. The molecule has 0 radical (unpaired) electrons. The third kappa shape index (κ3) is 2.99. The normalized spacial score (nSPS) is 15.2. The molecule has 2 rings (SSSR count). The fourth-order valence-corrected chi connectivity index (χ4v) is 2.71. The van der Waals surface area contributed by atoms with Gasteiger partial charge in [0.05, 0.1) is 5.56 Å². The zero-order valence-corrected chi connectivity index (χ0v) is 11.9. The number of anilines is 1. The van der Waals surface area contributed by atoms with E-state index in [-0.39, 0.29) is 0 Å². The van der Waals surface area contributed by atoms with Crippen LogP contribution in [0.3, 0.4) is 0 Å². The van der Waals surface area contributed by atoms with Gasteiger partial charge in [-0.25, -0.2) is 4.98 Å². The van der Waals surface area contributed by atoms with E-state index in [4.69, 9.17) is 18.0 Å². The van der Waals surface area contributed by atoms with E-state index < -0.39 is 0 Å². The van der Waals surface area contributed by atoms with Crippen molar-refractivity contribution in [2.75, 3.05) is 11.9 Å². The summed E-state index contributed by atoms with van der Waals surface area (Å²) in [6, 6.07) is 2.02. The minimum absolute atomic E-state index is 0.422. The highest BCUT2D eigenvalue weighted by Crippen LogP contribution is 2.29. The molecule has 0 atom stereocenters. The van der Waals surface area contributed by atoms with E-state index in [1.165, 1.54) is 25.7 Å². The van der Waals surface area contributed by atoms with Gasteiger partial charge < -0.3 is 11.1 Å². The van der Waals surface area contributed by atoms with Gasteiger partial charge in [-0.05, 0) is 37.8 Å². The Hall–Kier alpha value is -1.16. The molecule has 0 spiro atoms. The molecular formula is C14H21N3S. The van der Waals surface area contributed by atoms with Crippen molar-refractivity contribution in [3.05, 3.63) is 22.9 Å². The number of rotatable bonds is 5. The minimum atomic E-state index is 0.422. The van der Waals surface area contributed by atoms with Gasteiger partial charge in [0.25, 0.3) is 0 Å². The van der Waals surface area contributed by atoms with Crippen LogP contribution in [0.2, 0.25) is 0 Å². The zero-order valence-electron chi connectivity index (χ0n) is 11.1. The lowest BCUT2D eigenvalue weighted by molar-refractivity contribution is 0.303. The second-order valence-corrected chi connectivity index (χ2v) is 5.62. The molecule has 0 unspecified atom stereocenters. The topological polar surface area (TPSA) is 50.9 Å². The number of aromatic nitrogens is 1. The van der Waals surface area contributed by atoms with E-state index in [1.54, 1.807) is 0 Å². The summed E-state index contributed by atoms with van der Waals surface area (Å²) in [5, 5.41) is 3.40. The fraction of sp³-hybridized carbons (Fsp3) is 0.571. The van der Waals surface area contributed by atoms with Gasteiger partial charge in [0.2, 0.25) is 0 Å². The Bertz CT molecular complexity index is 453. The Morgan fingerprint density at radius 1 is 1.50 bits per heavy atom. The first-order valence-electron chi connectivity index (χ1n) is 6.60. The van der Waals surface area contributed by atoms with E-state index >= 15 is 0 Å². The smallest absolute Gasteiger partial charge is 0.136 e. The molecule has 1 aromatic rings. The number of hydrogen-bond donors (Lipinski definition) is 2. The summed E-state index contributed by atoms with van der Waals surface area (Å²) in [7, 11) is 0. The van der Waals surface area contributed by atoms with Gasteiger partial charge >= 0.3 is 0 Å². The second kappa shape index (κ2) is 5.65. The van der Waals surface area contributed by atoms with Crippen LogP contribution in [0.4, 0.5) is 5.82 Å².